The molecule has 0 spiro atoms. The number of hydrogen-bond donors (Lipinski definition) is 0. The topological polar surface area (TPSA) is 59.8 Å². The second-order valence-corrected chi connectivity index (χ2v) is 9.59. The van der Waals surface area contributed by atoms with Crippen molar-refractivity contribution < 1.29 is 9.47 Å². The third-order valence-corrected chi connectivity index (χ3v) is 7.53. The Morgan fingerprint density at radius 2 is 1.97 bits per heavy atom. The molecule has 3 heterocycles. The van der Waals surface area contributed by atoms with Crippen LogP contribution >= 0.6 is 11.3 Å². The van der Waals surface area contributed by atoms with E-state index in [9.17, 15) is 0 Å². The van der Waals surface area contributed by atoms with Gasteiger partial charge in [0, 0.05) is 0 Å². The molecule has 8 heteroatoms. The molecular weight excluding hydrogens is 459 g/mol. The Balaban J connectivity index is 1.70. The van der Waals surface area contributed by atoms with Gasteiger partial charge in [-0.2, -0.15) is 0 Å². The Labute approximate surface area is 188 Å². The number of anilines is 1. The summed E-state index contributed by atoms with van der Waals surface area (Å²) in [5.74, 6) is 1.57. The molecule has 2 aliphatic heterocycles. The van der Waals surface area contributed by atoms with Crippen molar-refractivity contribution in [3.8, 4) is 11.5 Å². The van der Waals surface area contributed by atoms with Gasteiger partial charge in [0.1, 0.15) is 0 Å². The molecule has 1 atom stereocenters. The van der Waals surface area contributed by atoms with Crippen molar-refractivity contribution in [2.45, 2.75) is 39.7 Å². The summed E-state index contributed by atoms with van der Waals surface area (Å²) in [6, 6.07) is 10.7. The minimum atomic E-state index is 0.127. The van der Waals surface area contributed by atoms with Gasteiger partial charge in [0.2, 0.25) is 0 Å². The third-order valence-electron chi connectivity index (χ3n) is 5.42. The second-order valence-electron chi connectivity index (χ2n) is 7.54. The molecule has 3 aromatic rings. The van der Waals surface area contributed by atoms with Crippen molar-refractivity contribution in [3.05, 3.63) is 57.6 Å². The number of aryl methyl sites for hydroxylation is 2. The molecule has 2 aromatic carbocycles. The molecule has 0 bridgehead atoms. The fraction of sp³-hybridized carbons (Fsp3) is 0.318. The van der Waals surface area contributed by atoms with Crippen LogP contribution in [0.3, 0.4) is 0 Å². The number of ether oxygens (including phenoxy) is 2. The van der Waals surface area contributed by atoms with Gasteiger partial charge in [-0.05, 0) is 0 Å². The standard InChI is InChI=1S/C22H21AsN4O2S/c1-4-20-24-25-22(30-20)27-13(3)8-15-9-18-19(29-11-28-18)10-16(15)21(26-27)14-5-6-17(23)12(2)7-14/h5-7,9-10,13H,4,8,11H2,1-3H3/t13-/m1/s1. The van der Waals surface area contributed by atoms with Crippen LogP contribution in [0.15, 0.2) is 35.4 Å². The van der Waals surface area contributed by atoms with Crippen LogP contribution in [0, 0.1) is 6.92 Å². The summed E-state index contributed by atoms with van der Waals surface area (Å²) in [6.07, 6.45) is 1.69. The molecule has 2 aliphatic rings. The normalized spacial score (nSPS) is 17.5. The van der Waals surface area contributed by atoms with Crippen LogP contribution in [0.1, 0.15) is 41.1 Å². The minimum absolute atomic E-state index is 0.127. The first-order valence-electron chi connectivity index (χ1n) is 9.96. The summed E-state index contributed by atoms with van der Waals surface area (Å²) in [5.41, 5.74) is 5.47. The fourth-order valence-corrected chi connectivity index (χ4v) is 4.89. The van der Waals surface area contributed by atoms with Gasteiger partial charge in [0.05, 0.1) is 0 Å². The van der Waals surface area contributed by atoms with Gasteiger partial charge in [-0.25, -0.2) is 0 Å². The van der Waals surface area contributed by atoms with E-state index in [2.05, 4.69) is 78.2 Å². The Morgan fingerprint density at radius 3 is 2.70 bits per heavy atom. The van der Waals surface area contributed by atoms with Crippen molar-refractivity contribution in [2.24, 2.45) is 5.10 Å². The number of rotatable bonds is 3. The second kappa shape index (κ2) is 7.71. The molecule has 0 amide bonds. The van der Waals surface area contributed by atoms with Crippen molar-refractivity contribution in [1.29, 1.82) is 0 Å². The van der Waals surface area contributed by atoms with E-state index in [1.807, 2.05) is 5.01 Å². The van der Waals surface area contributed by atoms with Gasteiger partial charge < -0.3 is 0 Å². The monoisotopic (exact) mass is 480 g/mol. The van der Waals surface area contributed by atoms with Crippen LogP contribution in [0.2, 0.25) is 0 Å². The predicted molar refractivity (Wildman–Crippen MR) is 120 cm³/mol. The van der Waals surface area contributed by atoms with E-state index >= 15 is 0 Å². The van der Waals surface area contributed by atoms with Crippen LogP contribution < -0.4 is 18.8 Å². The van der Waals surface area contributed by atoms with E-state index in [0.717, 1.165) is 51.3 Å². The molecule has 0 unspecified atom stereocenters. The Kier molecular flexibility index (Phi) is 5.03. The first kappa shape index (κ1) is 19.6. The van der Waals surface area contributed by atoms with Gasteiger partial charge in [0.25, 0.3) is 0 Å². The van der Waals surface area contributed by atoms with Gasteiger partial charge >= 0.3 is 189 Å². The van der Waals surface area contributed by atoms with Crippen molar-refractivity contribution in [2.75, 3.05) is 11.8 Å². The van der Waals surface area contributed by atoms with Crippen LogP contribution in [-0.2, 0) is 12.8 Å². The molecule has 0 saturated heterocycles. The maximum atomic E-state index is 5.67. The van der Waals surface area contributed by atoms with E-state index in [0.29, 0.717) is 0 Å². The zero-order valence-electron chi connectivity index (χ0n) is 17.0. The zero-order chi connectivity index (χ0) is 20.8. The number of nitrogens with zero attached hydrogens (tertiary/aromatic N) is 4. The van der Waals surface area contributed by atoms with Gasteiger partial charge in [-0.15, -0.1) is 0 Å². The molecular formula is C22H21AsN4O2S. The van der Waals surface area contributed by atoms with Gasteiger partial charge in [-0.3, -0.25) is 0 Å². The van der Waals surface area contributed by atoms with Crippen LogP contribution in [-0.4, -0.2) is 45.6 Å². The Bertz CT molecular complexity index is 1160. The van der Waals surface area contributed by atoms with E-state index < -0.39 is 0 Å². The molecule has 5 rings (SSSR count). The molecule has 0 fully saturated rings. The molecule has 2 radical (unpaired) electrons. The van der Waals surface area contributed by atoms with Gasteiger partial charge in [0.15, 0.2) is 0 Å². The van der Waals surface area contributed by atoms with Crippen LogP contribution in [0.25, 0.3) is 0 Å². The van der Waals surface area contributed by atoms with Crippen molar-refractivity contribution in [3.63, 3.8) is 0 Å². The first-order chi connectivity index (χ1) is 14.5. The zero-order valence-corrected chi connectivity index (χ0v) is 19.7. The van der Waals surface area contributed by atoms with Crippen molar-refractivity contribution >= 4 is 43.4 Å². The van der Waals surface area contributed by atoms with Crippen LogP contribution in [0.5, 0.6) is 11.5 Å². The first-order valence-corrected chi connectivity index (χ1v) is 11.7. The summed E-state index contributed by atoms with van der Waals surface area (Å²) in [4.78, 5) is 0. The third kappa shape index (κ3) is 3.40. The molecule has 0 N–H and O–H groups in total. The van der Waals surface area contributed by atoms with E-state index in [4.69, 9.17) is 14.6 Å². The molecule has 0 aliphatic carbocycles. The molecule has 1 aromatic heterocycles. The van der Waals surface area contributed by atoms with Gasteiger partial charge in [-0.1, -0.05) is 0 Å². The molecule has 6 nitrogen and oxygen atoms in total. The fourth-order valence-electron chi connectivity index (χ4n) is 3.77. The SMILES string of the molecule is CCc1nnc(N2N=C(c3ccc([As])c(C)c3)c3cc4c(cc3C[C@H]2C)OCO4)s1. The number of hydrazone groups is 1. The number of fused-ring (bicyclic) bond motifs is 2. The number of aromatic nitrogens is 2. The molecule has 152 valence electrons. The molecule has 30 heavy (non-hydrogen) atoms. The Morgan fingerprint density at radius 1 is 1.17 bits per heavy atom. The Hall–Kier alpha value is -2.37. The average Bonchev–Trinajstić information content (AvgIpc) is 3.36. The van der Waals surface area contributed by atoms with E-state index in [1.54, 1.807) is 11.3 Å². The van der Waals surface area contributed by atoms with Crippen LogP contribution in [0.4, 0.5) is 5.13 Å². The summed E-state index contributed by atoms with van der Waals surface area (Å²) in [7, 11) is 0. The van der Waals surface area contributed by atoms with Crippen molar-refractivity contribution in [1.82, 2.24) is 10.2 Å². The van der Waals surface area contributed by atoms with E-state index in [1.165, 1.54) is 15.5 Å². The summed E-state index contributed by atoms with van der Waals surface area (Å²) in [6.45, 7) is 6.65. The number of benzene rings is 2. The quantitative estimate of drug-likeness (QED) is 0.540. The molecule has 0 saturated carbocycles. The maximum absolute atomic E-state index is 5.67. The summed E-state index contributed by atoms with van der Waals surface area (Å²) in [5, 5.41) is 17.7. The van der Waals surface area contributed by atoms with E-state index in [-0.39, 0.29) is 12.8 Å². The summed E-state index contributed by atoms with van der Waals surface area (Å²) >= 11 is 4.22. The average molecular weight is 480 g/mol. The summed E-state index contributed by atoms with van der Waals surface area (Å²) < 4.78 is 12.5. The number of hydrogen-bond acceptors (Lipinski definition) is 7. The predicted octanol–water partition coefficient (Wildman–Crippen LogP) is 3.14.